The third-order valence-electron chi connectivity index (χ3n) is 5.15. The van der Waals surface area contributed by atoms with Crippen molar-refractivity contribution >= 4 is 11.6 Å². The Morgan fingerprint density at radius 3 is 2.66 bits per heavy atom. The summed E-state index contributed by atoms with van der Waals surface area (Å²) in [6.07, 6.45) is -0.355. The third kappa shape index (κ3) is 4.34. The van der Waals surface area contributed by atoms with Crippen LogP contribution < -0.4 is 15.4 Å². The first-order valence-electron chi connectivity index (χ1n) is 9.48. The lowest BCUT2D eigenvalue weighted by Gasteiger charge is -2.33. The average molecular weight is 410 g/mol. The number of alkyl halides is 3. The van der Waals surface area contributed by atoms with Crippen LogP contribution >= 0.6 is 0 Å². The van der Waals surface area contributed by atoms with Crippen LogP contribution in [0.5, 0.6) is 0 Å². The van der Waals surface area contributed by atoms with Crippen molar-refractivity contribution in [2.45, 2.75) is 25.1 Å². The molecule has 0 saturated carbocycles. The van der Waals surface area contributed by atoms with Crippen molar-refractivity contribution in [2.24, 2.45) is 0 Å². The smallest absolute Gasteiger partial charge is 0.378 e. The first-order valence-corrected chi connectivity index (χ1v) is 9.48. The molecule has 2 aromatic rings. The lowest BCUT2D eigenvalue weighted by Crippen LogP contribution is -2.42. The van der Waals surface area contributed by atoms with E-state index in [1.807, 2.05) is 4.90 Å². The van der Waals surface area contributed by atoms with E-state index < -0.39 is 11.9 Å². The van der Waals surface area contributed by atoms with Crippen LogP contribution in [0.1, 0.15) is 24.6 Å². The number of piperidine rings is 1. The van der Waals surface area contributed by atoms with Crippen molar-refractivity contribution in [3.05, 3.63) is 40.6 Å². The summed E-state index contributed by atoms with van der Waals surface area (Å²) in [5.41, 5.74) is -0.455. The van der Waals surface area contributed by atoms with Gasteiger partial charge in [-0.25, -0.2) is 14.6 Å². The summed E-state index contributed by atoms with van der Waals surface area (Å²) in [7, 11) is 0. The van der Waals surface area contributed by atoms with E-state index in [0.717, 1.165) is 18.0 Å². The maximum Gasteiger partial charge on any atom is 0.433 e. The highest BCUT2D eigenvalue weighted by molar-refractivity contribution is 5.43. The van der Waals surface area contributed by atoms with Crippen molar-refractivity contribution in [1.29, 1.82) is 0 Å². The van der Waals surface area contributed by atoms with Gasteiger partial charge in [-0.1, -0.05) is 0 Å². The van der Waals surface area contributed by atoms with E-state index >= 15 is 0 Å². The molecule has 4 rings (SSSR count). The summed E-state index contributed by atoms with van der Waals surface area (Å²) >= 11 is 0. The Kier molecular flexibility index (Phi) is 5.39. The van der Waals surface area contributed by atoms with E-state index in [-0.39, 0.29) is 17.5 Å². The lowest BCUT2D eigenvalue weighted by atomic mass is 10.1. The molecule has 0 spiro atoms. The molecule has 0 bridgehead atoms. The molecule has 0 aromatic carbocycles. The molecule has 2 aliphatic heterocycles. The molecular weight excluding hydrogens is 389 g/mol. The monoisotopic (exact) mass is 410 g/mol. The molecule has 2 aromatic heterocycles. The standard InChI is InChI=1S/C18H21F3N6O2/c19-18(20,21)15-3-4-22-17(24-15)26-5-1-2-13(12-26)27-16(28)10-14(11-23-27)25-6-8-29-9-7-25/h3-4,10-11,13H,1-2,5-9,12H2. The predicted molar refractivity (Wildman–Crippen MR) is 99.0 cm³/mol. The predicted octanol–water partition coefficient (Wildman–Crippen LogP) is 1.73. The summed E-state index contributed by atoms with van der Waals surface area (Å²) in [5, 5.41) is 4.34. The zero-order valence-electron chi connectivity index (χ0n) is 15.7. The van der Waals surface area contributed by atoms with Gasteiger partial charge in [0.05, 0.1) is 31.1 Å². The van der Waals surface area contributed by atoms with Gasteiger partial charge in [-0.3, -0.25) is 4.79 Å². The molecule has 0 aliphatic carbocycles. The van der Waals surface area contributed by atoms with Gasteiger partial charge in [0.2, 0.25) is 5.95 Å². The van der Waals surface area contributed by atoms with E-state index in [1.165, 1.54) is 4.68 Å². The van der Waals surface area contributed by atoms with Crippen molar-refractivity contribution in [1.82, 2.24) is 19.7 Å². The van der Waals surface area contributed by atoms with Gasteiger partial charge in [-0.2, -0.15) is 18.3 Å². The second-order valence-corrected chi connectivity index (χ2v) is 7.08. The number of anilines is 2. The Hall–Kier alpha value is -2.69. The van der Waals surface area contributed by atoms with Crippen molar-refractivity contribution in [3.8, 4) is 0 Å². The number of hydrogen-bond acceptors (Lipinski definition) is 7. The van der Waals surface area contributed by atoms with Gasteiger partial charge < -0.3 is 14.5 Å². The Labute approximate surface area is 164 Å². The number of nitrogens with zero attached hydrogens (tertiary/aromatic N) is 6. The van der Waals surface area contributed by atoms with Gasteiger partial charge in [-0.15, -0.1) is 0 Å². The van der Waals surface area contributed by atoms with Crippen LogP contribution in [-0.4, -0.2) is 59.1 Å². The highest BCUT2D eigenvalue weighted by Gasteiger charge is 2.34. The summed E-state index contributed by atoms with van der Waals surface area (Å²) in [6.45, 7) is 3.48. The van der Waals surface area contributed by atoms with Crippen molar-refractivity contribution in [3.63, 3.8) is 0 Å². The summed E-state index contributed by atoms with van der Waals surface area (Å²) < 4.78 is 45.6. The minimum Gasteiger partial charge on any atom is -0.378 e. The van der Waals surface area contributed by atoms with Crippen LogP contribution in [0.2, 0.25) is 0 Å². The number of hydrogen-bond donors (Lipinski definition) is 0. The number of aromatic nitrogens is 4. The maximum absolute atomic E-state index is 12.9. The number of morpholine rings is 1. The van der Waals surface area contributed by atoms with Crippen LogP contribution in [0, 0.1) is 0 Å². The molecule has 1 atom stereocenters. The largest absolute Gasteiger partial charge is 0.433 e. The molecule has 2 saturated heterocycles. The number of halogens is 3. The molecule has 0 N–H and O–H groups in total. The zero-order valence-corrected chi connectivity index (χ0v) is 15.7. The molecular formula is C18H21F3N6O2. The van der Waals surface area contributed by atoms with E-state index in [4.69, 9.17) is 4.74 Å². The molecule has 1 unspecified atom stereocenters. The quantitative estimate of drug-likeness (QED) is 0.763. The SMILES string of the molecule is O=c1cc(N2CCOCC2)cnn1C1CCCN(c2nccc(C(F)(F)F)n2)C1. The van der Waals surface area contributed by atoms with Crippen LogP contribution in [0.4, 0.5) is 24.8 Å². The minimum atomic E-state index is -4.53. The Morgan fingerprint density at radius 2 is 1.93 bits per heavy atom. The second kappa shape index (κ2) is 7.97. The molecule has 8 nitrogen and oxygen atoms in total. The fraction of sp³-hybridized carbons (Fsp3) is 0.556. The van der Waals surface area contributed by atoms with Crippen LogP contribution in [0.15, 0.2) is 29.3 Å². The van der Waals surface area contributed by atoms with Gasteiger partial charge in [-0.05, 0) is 18.9 Å². The van der Waals surface area contributed by atoms with Gasteiger partial charge in [0.15, 0.2) is 0 Å². The van der Waals surface area contributed by atoms with Crippen molar-refractivity contribution in [2.75, 3.05) is 49.2 Å². The van der Waals surface area contributed by atoms with Crippen LogP contribution in [0.3, 0.4) is 0 Å². The molecule has 4 heterocycles. The Balaban J connectivity index is 1.52. The van der Waals surface area contributed by atoms with E-state index in [0.29, 0.717) is 52.2 Å². The van der Waals surface area contributed by atoms with Gasteiger partial charge in [0.25, 0.3) is 5.56 Å². The summed E-state index contributed by atoms with van der Waals surface area (Å²) in [6, 6.07) is 2.15. The Morgan fingerprint density at radius 1 is 1.14 bits per heavy atom. The maximum atomic E-state index is 12.9. The highest BCUT2D eigenvalue weighted by atomic mass is 19.4. The molecule has 11 heteroatoms. The molecule has 156 valence electrons. The lowest BCUT2D eigenvalue weighted by molar-refractivity contribution is -0.141. The summed E-state index contributed by atoms with van der Waals surface area (Å²) in [4.78, 5) is 24.0. The first kappa shape index (κ1) is 19.6. The molecule has 2 fully saturated rings. The molecule has 0 radical (unpaired) electrons. The molecule has 29 heavy (non-hydrogen) atoms. The van der Waals surface area contributed by atoms with Gasteiger partial charge >= 0.3 is 6.18 Å². The van der Waals surface area contributed by atoms with Gasteiger partial charge in [0, 0.05) is 38.4 Å². The van der Waals surface area contributed by atoms with Gasteiger partial charge in [0.1, 0.15) is 5.69 Å². The topological polar surface area (TPSA) is 76.4 Å². The normalized spacial score (nSPS) is 20.7. The minimum absolute atomic E-state index is 0.0162. The van der Waals surface area contributed by atoms with Crippen molar-refractivity contribution < 1.29 is 17.9 Å². The fourth-order valence-electron chi connectivity index (χ4n) is 3.67. The number of ether oxygens (including phenoxy) is 1. The first-order chi connectivity index (χ1) is 13.9. The van der Waals surface area contributed by atoms with E-state index in [2.05, 4.69) is 15.1 Å². The molecule has 2 aliphatic rings. The van der Waals surface area contributed by atoms with E-state index in [1.54, 1.807) is 17.2 Å². The van der Waals surface area contributed by atoms with Crippen LogP contribution in [-0.2, 0) is 10.9 Å². The zero-order chi connectivity index (χ0) is 20.4. The highest BCUT2D eigenvalue weighted by Crippen LogP contribution is 2.29. The number of rotatable bonds is 3. The average Bonchev–Trinajstić information content (AvgIpc) is 2.74. The van der Waals surface area contributed by atoms with E-state index in [9.17, 15) is 18.0 Å². The third-order valence-corrected chi connectivity index (χ3v) is 5.15. The second-order valence-electron chi connectivity index (χ2n) is 7.08. The fourth-order valence-corrected chi connectivity index (χ4v) is 3.67. The summed E-state index contributed by atoms with van der Waals surface area (Å²) in [5.74, 6) is 0.0162. The Bertz CT molecular complexity index is 913. The van der Waals surface area contributed by atoms with Crippen LogP contribution in [0.25, 0.3) is 0 Å². The molecule has 0 amide bonds.